The van der Waals surface area contributed by atoms with Crippen LogP contribution >= 0.6 is 11.8 Å². The van der Waals surface area contributed by atoms with Crippen LogP contribution in [-0.2, 0) is 0 Å². The summed E-state index contributed by atoms with van der Waals surface area (Å²) in [5.41, 5.74) is 1.48. The number of benzene rings is 1. The molecular weight excluding hydrogens is 276 g/mol. The van der Waals surface area contributed by atoms with Gasteiger partial charge in [0, 0.05) is 23.5 Å². The normalized spacial score (nSPS) is 24.2. The average Bonchev–Trinajstić information content (AvgIpc) is 2.67. The Morgan fingerprint density at radius 2 is 1.95 bits per heavy atom. The summed E-state index contributed by atoms with van der Waals surface area (Å²) in [6.07, 6.45) is 6.16. The van der Waals surface area contributed by atoms with Crippen molar-refractivity contribution in [2.24, 2.45) is 5.92 Å². The van der Waals surface area contributed by atoms with Crippen LogP contribution in [0.3, 0.4) is 0 Å². The van der Waals surface area contributed by atoms with Crippen LogP contribution < -0.4 is 5.32 Å². The zero-order valence-corrected chi connectivity index (χ0v) is 14.7. The molecule has 3 heteroatoms. The molecule has 2 atom stereocenters. The van der Waals surface area contributed by atoms with E-state index in [1.165, 1.54) is 36.3 Å². The summed E-state index contributed by atoms with van der Waals surface area (Å²) in [4.78, 5) is 3.92. The molecule has 0 saturated carbocycles. The Morgan fingerprint density at radius 3 is 2.57 bits per heavy atom. The van der Waals surface area contributed by atoms with Crippen molar-refractivity contribution in [3.05, 3.63) is 29.8 Å². The first-order chi connectivity index (χ1) is 10.1. The molecule has 1 aromatic rings. The molecule has 2 unspecified atom stereocenters. The van der Waals surface area contributed by atoms with Crippen molar-refractivity contribution in [1.29, 1.82) is 0 Å². The Balaban J connectivity index is 2.18. The molecule has 1 aliphatic rings. The third kappa shape index (κ3) is 4.73. The van der Waals surface area contributed by atoms with E-state index in [9.17, 15) is 0 Å². The third-order valence-corrected chi connectivity index (χ3v) is 5.25. The molecule has 0 bridgehead atoms. The van der Waals surface area contributed by atoms with Crippen molar-refractivity contribution in [3.63, 3.8) is 0 Å². The van der Waals surface area contributed by atoms with Crippen molar-refractivity contribution in [2.75, 3.05) is 26.4 Å². The van der Waals surface area contributed by atoms with E-state index >= 15 is 0 Å². The highest BCUT2D eigenvalue weighted by molar-refractivity contribution is 7.98. The highest BCUT2D eigenvalue weighted by Gasteiger charge is 2.28. The number of thioether (sulfide) groups is 1. The van der Waals surface area contributed by atoms with Gasteiger partial charge in [0.2, 0.25) is 0 Å². The van der Waals surface area contributed by atoms with Gasteiger partial charge in [-0.3, -0.25) is 4.90 Å². The number of hydrogen-bond donors (Lipinski definition) is 1. The van der Waals surface area contributed by atoms with Gasteiger partial charge in [0.15, 0.2) is 0 Å². The van der Waals surface area contributed by atoms with Crippen LogP contribution in [0.25, 0.3) is 0 Å². The van der Waals surface area contributed by atoms with Gasteiger partial charge in [-0.15, -0.1) is 11.8 Å². The molecule has 0 aromatic heterocycles. The smallest absolute Gasteiger partial charge is 0.0385 e. The second-order valence-corrected chi connectivity index (χ2v) is 7.40. The minimum absolute atomic E-state index is 0.551. The predicted octanol–water partition coefficient (Wildman–Crippen LogP) is 4.18. The summed E-state index contributed by atoms with van der Waals surface area (Å²) >= 11 is 1.82. The van der Waals surface area contributed by atoms with E-state index in [2.05, 4.69) is 61.6 Å². The average molecular weight is 307 g/mol. The Kier molecular flexibility index (Phi) is 6.59. The second kappa shape index (κ2) is 8.21. The van der Waals surface area contributed by atoms with Crippen molar-refractivity contribution in [3.8, 4) is 0 Å². The van der Waals surface area contributed by atoms with Gasteiger partial charge >= 0.3 is 0 Å². The summed E-state index contributed by atoms with van der Waals surface area (Å²) in [5, 5.41) is 3.66. The molecule has 1 N–H and O–H groups in total. The van der Waals surface area contributed by atoms with Crippen LogP contribution in [0.4, 0.5) is 0 Å². The van der Waals surface area contributed by atoms with Crippen LogP contribution in [0.2, 0.25) is 0 Å². The molecule has 1 heterocycles. The Morgan fingerprint density at radius 1 is 1.24 bits per heavy atom. The first-order valence-corrected chi connectivity index (χ1v) is 9.42. The molecule has 2 rings (SSSR count). The Bertz CT molecular complexity index is 416. The van der Waals surface area contributed by atoms with Crippen LogP contribution in [0.1, 0.15) is 44.7 Å². The maximum atomic E-state index is 3.66. The molecule has 1 aliphatic heterocycles. The number of nitrogens with one attached hydrogen (secondary N) is 1. The van der Waals surface area contributed by atoms with E-state index in [-0.39, 0.29) is 0 Å². The van der Waals surface area contributed by atoms with E-state index in [1.54, 1.807) is 0 Å². The molecule has 2 nitrogen and oxygen atoms in total. The topological polar surface area (TPSA) is 15.3 Å². The monoisotopic (exact) mass is 306 g/mol. The molecular formula is C18H30N2S. The minimum atomic E-state index is 0.551. The van der Waals surface area contributed by atoms with Crippen LogP contribution in [0.5, 0.6) is 0 Å². The van der Waals surface area contributed by atoms with Crippen LogP contribution in [0.15, 0.2) is 29.2 Å². The lowest BCUT2D eigenvalue weighted by Crippen LogP contribution is -2.37. The number of nitrogens with zero attached hydrogens (tertiary/aromatic N) is 1. The predicted molar refractivity (Wildman–Crippen MR) is 94.1 cm³/mol. The van der Waals surface area contributed by atoms with Gasteiger partial charge < -0.3 is 5.32 Å². The lowest BCUT2D eigenvalue weighted by molar-refractivity contribution is 0.187. The second-order valence-electron chi connectivity index (χ2n) is 6.52. The fourth-order valence-electron chi connectivity index (χ4n) is 3.35. The number of likely N-dealkylation sites (tertiary alicyclic amines) is 1. The van der Waals surface area contributed by atoms with Crippen molar-refractivity contribution < 1.29 is 0 Å². The molecule has 0 spiro atoms. The van der Waals surface area contributed by atoms with Gasteiger partial charge in [-0.05, 0) is 56.3 Å². The van der Waals surface area contributed by atoms with E-state index < -0.39 is 0 Å². The minimum Gasteiger partial charge on any atom is -0.314 e. The summed E-state index contributed by atoms with van der Waals surface area (Å²) < 4.78 is 0. The van der Waals surface area contributed by atoms with Crippen LogP contribution in [0, 0.1) is 5.92 Å². The highest BCUT2D eigenvalue weighted by Crippen LogP contribution is 2.34. The van der Waals surface area contributed by atoms with Crippen molar-refractivity contribution in [2.45, 2.75) is 50.1 Å². The molecule has 1 aromatic carbocycles. The lowest BCUT2D eigenvalue weighted by Gasteiger charge is -2.33. The molecule has 1 saturated heterocycles. The van der Waals surface area contributed by atoms with Gasteiger partial charge in [0.05, 0.1) is 0 Å². The fourth-order valence-corrected chi connectivity index (χ4v) is 3.76. The number of hydrogen-bond acceptors (Lipinski definition) is 3. The van der Waals surface area contributed by atoms with Gasteiger partial charge in [0.1, 0.15) is 0 Å². The standard InChI is InChI=1S/C18H30N2S/c1-14(2)19-13-16-7-5-6-12-20(3)18(16)15-8-10-17(21-4)11-9-15/h8-11,14,16,18-19H,5-7,12-13H2,1-4H3. The maximum absolute atomic E-state index is 3.66. The van der Waals surface area contributed by atoms with E-state index in [4.69, 9.17) is 0 Å². The summed E-state index contributed by atoms with van der Waals surface area (Å²) in [5.74, 6) is 0.708. The first kappa shape index (κ1) is 16.9. The van der Waals surface area contributed by atoms with Crippen molar-refractivity contribution in [1.82, 2.24) is 10.2 Å². The van der Waals surface area contributed by atoms with Gasteiger partial charge in [-0.1, -0.05) is 32.4 Å². The zero-order valence-electron chi connectivity index (χ0n) is 13.9. The maximum Gasteiger partial charge on any atom is 0.0385 e. The molecule has 0 aliphatic carbocycles. The Labute approximate surface area is 134 Å². The largest absolute Gasteiger partial charge is 0.314 e. The third-order valence-electron chi connectivity index (χ3n) is 4.50. The van der Waals surface area contributed by atoms with E-state index in [1.807, 2.05) is 11.8 Å². The van der Waals surface area contributed by atoms with E-state index in [0.29, 0.717) is 18.0 Å². The van der Waals surface area contributed by atoms with Gasteiger partial charge in [-0.25, -0.2) is 0 Å². The summed E-state index contributed by atoms with van der Waals surface area (Å²) in [6, 6.07) is 10.3. The molecule has 0 amide bonds. The zero-order chi connectivity index (χ0) is 15.2. The highest BCUT2D eigenvalue weighted by atomic mass is 32.2. The SMILES string of the molecule is CSc1ccc(C2C(CNC(C)C)CCCCN2C)cc1. The van der Waals surface area contributed by atoms with Gasteiger partial charge in [0.25, 0.3) is 0 Å². The first-order valence-electron chi connectivity index (χ1n) is 8.19. The fraction of sp³-hybridized carbons (Fsp3) is 0.667. The molecule has 118 valence electrons. The Hall–Kier alpha value is -0.510. The molecule has 21 heavy (non-hydrogen) atoms. The van der Waals surface area contributed by atoms with Crippen molar-refractivity contribution >= 4 is 11.8 Å². The van der Waals surface area contributed by atoms with Gasteiger partial charge in [-0.2, -0.15) is 0 Å². The molecule has 1 fully saturated rings. The quantitative estimate of drug-likeness (QED) is 0.822. The van der Waals surface area contributed by atoms with E-state index in [0.717, 1.165) is 6.54 Å². The summed E-state index contributed by atoms with van der Waals surface area (Å²) in [7, 11) is 2.29. The summed E-state index contributed by atoms with van der Waals surface area (Å²) in [6.45, 7) is 6.81. The van der Waals surface area contributed by atoms with Crippen LogP contribution in [-0.4, -0.2) is 37.3 Å². The lowest BCUT2D eigenvalue weighted by atomic mass is 9.89. The molecule has 0 radical (unpaired) electrons. The number of rotatable bonds is 5.